The molecule has 0 aliphatic rings. The molecule has 0 bridgehead atoms. The van der Waals surface area contributed by atoms with Gasteiger partial charge in [0, 0.05) is 18.3 Å². The predicted octanol–water partition coefficient (Wildman–Crippen LogP) is 4.24. The Morgan fingerprint density at radius 2 is 1.97 bits per heavy atom. The standard InChI is InChI=1S/C21H15N3O5/c1-12-2-5-17-20(8-12)29-21(23-17)16-10-14(3-6-19(16)26)22-11-13-9-15(24(27)28)4-7-18(13)25/h2-11,25-26H,1H3/p-1. The lowest BCUT2D eigenvalue weighted by molar-refractivity contribution is -0.385. The third-order valence-corrected chi connectivity index (χ3v) is 4.31. The molecule has 0 saturated heterocycles. The van der Waals surface area contributed by atoms with Crippen LogP contribution in [0.1, 0.15) is 11.1 Å². The van der Waals surface area contributed by atoms with Crippen LogP contribution < -0.4 is 5.11 Å². The van der Waals surface area contributed by atoms with Gasteiger partial charge in [-0.2, -0.15) is 0 Å². The lowest BCUT2D eigenvalue weighted by Gasteiger charge is -2.08. The molecule has 0 radical (unpaired) electrons. The van der Waals surface area contributed by atoms with Gasteiger partial charge >= 0.3 is 0 Å². The van der Waals surface area contributed by atoms with Crippen molar-refractivity contribution in [3.05, 3.63) is 75.8 Å². The van der Waals surface area contributed by atoms with Gasteiger partial charge in [-0.3, -0.25) is 15.1 Å². The summed E-state index contributed by atoms with van der Waals surface area (Å²) in [6.07, 6.45) is 1.25. The molecular formula is C21H14N3O5-. The van der Waals surface area contributed by atoms with Gasteiger partial charge in [-0.1, -0.05) is 17.9 Å². The number of phenols is 1. The minimum absolute atomic E-state index is 0.0351. The second-order valence-electron chi connectivity index (χ2n) is 6.43. The number of nitro groups is 1. The van der Waals surface area contributed by atoms with Crippen molar-refractivity contribution in [3.63, 3.8) is 0 Å². The molecule has 0 aliphatic carbocycles. The first-order valence-electron chi connectivity index (χ1n) is 8.61. The topological polar surface area (TPSA) is 125 Å². The van der Waals surface area contributed by atoms with E-state index in [1.807, 2.05) is 25.1 Å². The number of nitro benzene ring substituents is 1. The fourth-order valence-corrected chi connectivity index (χ4v) is 2.82. The third kappa shape index (κ3) is 3.63. The number of hydrogen-bond donors (Lipinski definition) is 1. The highest BCUT2D eigenvalue weighted by Crippen LogP contribution is 2.34. The minimum atomic E-state index is -0.579. The van der Waals surface area contributed by atoms with E-state index in [0.29, 0.717) is 22.4 Å². The van der Waals surface area contributed by atoms with Crippen molar-refractivity contribution < 1.29 is 19.6 Å². The minimum Gasteiger partial charge on any atom is -0.872 e. The first-order valence-corrected chi connectivity index (χ1v) is 8.61. The summed E-state index contributed by atoms with van der Waals surface area (Å²) in [7, 11) is 0. The van der Waals surface area contributed by atoms with Crippen LogP contribution in [0.3, 0.4) is 0 Å². The molecule has 1 N–H and O–H groups in total. The number of non-ortho nitro benzene ring substituents is 1. The summed E-state index contributed by atoms with van der Waals surface area (Å²) in [6.45, 7) is 1.94. The Balaban J connectivity index is 1.71. The van der Waals surface area contributed by atoms with Gasteiger partial charge in [-0.25, -0.2) is 4.98 Å². The van der Waals surface area contributed by atoms with Gasteiger partial charge in [-0.05, 0) is 48.4 Å². The highest BCUT2D eigenvalue weighted by Gasteiger charge is 2.13. The molecule has 4 rings (SSSR count). The number of oxazole rings is 1. The van der Waals surface area contributed by atoms with E-state index in [-0.39, 0.29) is 28.6 Å². The number of hydrogen-bond acceptors (Lipinski definition) is 7. The van der Waals surface area contributed by atoms with Crippen molar-refractivity contribution in [2.24, 2.45) is 4.99 Å². The Morgan fingerprint density at radius 3 is 2.76 bits per heavy atom. The van der Waals surface area contributed by atoms with Crippen LogP contribution in [0.2, 0.25) is 0 Å². The zero-order valence-electron chi connectivity index (χ0n) is 15.2. The molecule has 0 atom stereocenters. The van der Waals surface area contributed by atoms with Crippen LogP contribution in [-0.4, -0.2) is 21.2 Å². The molecule has 144 valence electrons. The van der Waals surface area contributed by atoms with Crippen LogP contribution in [0.4, 0.5) is 11.4 Å². The van der Waals surface area contributed by atoms with Gasteiger partial charge < -0.3 is 14.6 Å². The quantitative estimate of drug-likeness (QED) is 0.317. The molecule has 0 saturated carbocycles. The van der Waals surface area contributed by atoms with Crippen LogP contribution >= 0.6 is 0 Å². The summed E-state index contributed by atoms with van der Waals surface area (Å²) in [5, 5.41) is 33.0. The zero-order chi connectivity index (χ0) is 20.5. The van der Waals surface area contributed by atoms with Crippen molar-refractivity contribution in [3.8, 4) is 23.0 Å². The molecule has 8 heteroatoms. The molecule has 0 fully saturated rings. The molecule has 0 unspecified atom stereocenters. The van der Waals surface area contributed by atoms with Crippen molar-refractivity contribution in [2.75, 3.05) is 0 Å². The Kier molecular flexibility index (Phi) is 4.44. The average molecular weight is 388 g/mol. The smallest absolute Gasteiger partial charge is 0.270 e. The fraction of sp³-hybridized carbons (Fsp3) is 0.0476. The summed E-state index contributed by atoms with van der Waals surface area (Å²) in [4.78, 5) is 18.9. The van der Waals surface area contributed by atoms with E-state index in [1.54, 1.807) is 12.1 Å². The van der Waals surface area contributed by atoms with Crippen LogP contribution in [-0.2, 0) is 0 Å². The van der Waals surface area contributed by atoms with E-state index < -0.39 is 4.92 Å². The first-order chi connectivity index (χ1) is 13.9. The third-order valence-electron chi connectivity index (χ3n) is 4.31. The van der Waals surface area contributed by atoms with Crippen molar-refractivity contribution in [2.45, 2.75) is 6.92 Å². The molecule has 29 heavy (non-hydrogen) atoms. The molecule has 1 aromatic heterocycles. The number of rotatable bonds is 4. The molecule has 0 spiro atoms. The van der Waals surface area contributed by atoms with Gasteiger partial charge in [0.05, 0.1) is 16.2 Å². The van der Waals surface area contributed by atoms with Gasteiger partial charge in [0.1, 0.15) is 11.3 Å². The monoisotopic (exact) mass is 388 g/mol. The summed E-state index contributed by atoms with van der Waals surface area (Å²) >= 11 is 0. The fourth-order valence-electron chi connectivity index (χ4n) is 2.82. The summed E-state index contributed by atoms with van der Waals surface area (Å²) in [6, 6.07) is 13.6. The highest BCUT2D eigenvalue weighted by molar-refractivity contribution is 5.87. The number of aryl methyl sites for hydroxylation is 1. The maximum absolute atomic E-state index is 11.9. The van der Waals surface area contributed by atoms with E-state index >= 15 is 0 Å². The second kappa shape index (κ2) is 7.08. The molecule has 0 amide bonds. The van der Waals surface area contributed by atoms with E-state index in [4.69, 9.17) is 4.42 Å². The normalized spacial score (nSPS) is 11.3. The van der Waals surface area contributed by atoms with Gasteiger partial charge in [-0.15, -0.1) is 0 Å². The van der Waals surface area contributed by atoms with Crippen LogP contribution in [0, 0.1) is 17.0 Å². The van der Waals surface area contributed by atoms with Crippen molar-refractivity contribution in [1.29, 1.82) is 0 Å². The van der Waals surface area contributed by atoms with Crippen LogP contribution in [0.15, 0.2) is 64.0 Å². The predicted molar refractivity (Wildman–Crippen MR) is 106 cm³/mol. The summed E-state index contributed by atoms with van der Waals surface area (Å²) < 4.78 is 5.75. The number of benzene rings is 3. The molecule has 4 aromatic rings. The van der Waals surface area contributed by atoms with Crippen molar-refractivity contribution in [1.82, 2.24) is 4.98 Å². The molecule has 0 aliphatic heterocycles. The zero-order valence-corrected chi connectivity index (χ0v) is 15.2. The molecule has 3 aromatic carbocycles. The van der Waals surface area contributed by atoms with Gasteiger partial charge in [0.15, 0.2) is 5.58 Å². The Hall–Kier alpha value is -4.20. The van der Waals surface area contributed by atoms with Crippen LogP contribution in [0.5, 0.6) is 11.5 Å². The van der Waals surface area contributed by atoms with Crippen LogP contribution in [0.25, 0.3) is 22.6 Å². The van der Waals surface area contributed by atoms with E-state index in [9.17, 15) is 20.3 Å². The summed E-state index contributed by atoms with van der Waals surface area (Å²) in [5.74, 6) is -0.181. The Labute approximate surface area is 164 Å². The number of phenolic OH excluding ortho intramolecular Hbond substituents is 1. The largest absolute Gasteiger partial charge is 0.872 e. The number of nitrogens with zero attached hydrogens (tertiary/aromatic N) is 3. The van der Waals surface area contributed by atoms with Gasteiger partial charge in [0.2, 0.25) is 5.89 Å². The summed E-state index contributed by atoms with van der Waals surface area (Å²) in [5.41, 5.74) is 2.93. The SMILES string of the molecule is Cc1ccc2nc(-c3cc(N=Cc4cc([N+](=O)[O-])ccc4[O-])ccc3O)oc2c1. The molecule has 1 heterocycles. The van der Waals surface area contributed by atoms with E-state index in [1.165, 1.54) is 12.3 Å². The Morgan fingerprint density at radius 1 is 1.14 bits per heavy atom. The van der Waals surface area contributed by atoms with E-state index in [2.05, 4.69) is 9.98 Å². The second-order valence-corrected chi connectivity index (χ2v) is 6.43. The number of fused-ring (bicyclic) bond motifs is 1. The lowest BCUT2D eigenvalue weighted by atomic mass is 10.1. The van der Waals surface area contributed by atoms with Crippen molar-refractivity contribution >= 4 is 28.7 Å². The maximum Gasteiger partial charge on any atom is 0.270 e. The molecule has 8 nitrogen and oxygen atoms in total. The number of aromatic hydroxyl groups is 1. The van der Waals surface area contributed by atoms with Gasteiger partial charge in [0.25, 0.3) is 5.69 Å². The molecular weight excluding hydrogens is 374 g/mol. The maximum atomic E-state index is 11.9. The Bertz CT molecular complexity index is 1280. The highest BCUT2D eigenvalue weighted by atomic mass is 16.6. The first kappa shape index (κ1) is 18.2. The average Bonchev–Trinajstić information content (AvgIpc) is 3.11. The number of aliphatic imine (C=N–C) groups is 1. The number of aromatic nitrogens is 1. The van der Waals surface area contributed by atoms with E-state index in [0.717, 1.165) is 23.8 Å². The lowest BCUT2D eigenvalue weighted by Crippen LogP contribution is -1.98.